The van der Waals surface area contributed by atoms with Crippen molar-refractivity contribution in [3.63, 3.8) is 0 Å². The summed E-state index contributed by atoms with van der Waals surface area (Å²) in [7, 11) is 0. The van der Waals surface area contributed by atoms with E-state index in [-0.39, 0.29) is 0 Å². The van der Waals surface area contributed by atoms with Crippen molar-refractivity contribution in [3.8, 4) is 10.4 Å². The predicted octanol–water partition coefficient (Wildman–Crippen LogP) is 4.75. The summed E-state index contributed by atoms with van der Waals surface area (Å²) < 4.78 is 26.6. The van der Waals surface area contributed by atoms with Gasteiger partial charge in [-0.15, -0.1) is 11.3 Å². The van der Waals surface area contributed by atoms with Crippen LogP contribution in [0, 0.1) is 17.6 Å². The van der Waals surface area contributed by atoms with E-state index in [1.807, 2.05) is 6.07 Å². The Labute approximate surface area is 121 Å². The molecule has 3 rings (SSSR count). The van der Waals surface area contributed by atoms with Gasteiger partial charge in [-0.05, 0) is 55.1 Å². The fraction of sp³-hybridized carbons (Fsp3) is 0.375. The Kier molecular flexibility index (Phi) is 3.85. The van der Waals surface area contributed by atoms with Gasteiger partial charge >= 0.3 is 0 Å². The summed E-state index contributed by atoms with van der Waals surface area (Å²) in [5, 5.41) is 3.51. The topological polar surface area (TPSA) is 12.0 Å². The highest BCUT2D eigenvalue weighted by atomic mass is 32.1. The van der Waals surface area contributed by atoms with Crippen molar-refractivity contribution in [2.24, 2.45) is 5.92 Å². The lowest BCUT2D eigenvalue weighted by atomic mass is 10.1. The first-order valence-corrected chi connectivity index (χ1v) is 7.78. The van der Waals surface area contributed by atoms with Crippen LogP contribution in [0.5, 0.6) is 0 Å². The standard InChI is InChI=1S/C16H17F2NS/c1-2-19-16(10-3-4-10)15-6-5-14(20-15)11-7-12(17)9-13(18)8-11/h5-10,16,19H,2-4H2,1H3. The van der Waals surface area contributed by atoms with E-state index in [2.05, 4.69) is 18.3 Å². The van der Waals surface area contributed by atoms with Crippen molar-refractivity contribution in [2.45, 2.75) is 25.8 Å². The lowest BCUT2D eigenvalue weighted by molar-refractivity contribution is 0.504. The normalized spacial score (nSPS) is 16.4. The smallest absolute Gasteiger partial charge is 0.126 e. The highest BCUT2D eigenvalue weighted by Crippen LogP contribution is 2.44. The second-order valence-corrected chi connectivity index (χ2v) is 6.35. The molecule has 1 N–H and O–H groups in total. The third kappa shape index (κ3) is 2.91. The zero-order chi connectivity index (χ0) is 14.1. The molecule has 20 heavy (non-hydrogen) atoms. The number of benzene rings is 1. The van der Waals surface area contributed by atoms with Crippen LogP contribution in [-0.4, -0.2) is 6.54 Å². The van der Waals surface area contributed by atoms with Crippen molar-refractivity contribution >= 4 is 11.3 Å². The Morgan fingerprint density at radius 1 is 1.20 bits per heavy atom. The van der Waals surface area contributed by atoms with Gasteiger partial charge in [0.15, 0.2) is 0 Å². The first-order valence-electron chi connectivity index (χ1n) is 6.97. The van der Waals surface area contributed by atoms with Gasteiger partial charge in [0.25, 0.3) is 0 Å². The molecule has 1 atom stereocenters. The summed E-state index contributed by atoms with van der Waals surface area (Å²) in [6.07, 6.45) is 2.53. The molecule has 1 aliphatic carbocycles. The molecule has 1 heterocycles. The van der Waals surface area contributed by atoms with Crippen LogP contribution in [0.25, 0.3) is 10.4 Å². The second kappa shape index (κ2) is 5.62. The van der Waals surface area contributed by atoms with Crippen LogP contribution in [-0.2, 0) is 0 Å². The zero-order valence-corrected chi connectivity index (χ0v) is 12.1. The Morgan fingerprint density at radius 3 is 2.50 bits per heavy atom. The summed E-state index contributed by atoms with van der Waals surface area (Å²) in [6.45, 7) is 3.04. The van der Waals surface area contributed by atoms with E-state index in [9.17, 15) is 8.78 Å². The van der Waals surface area contributed by atoms with E-state index in [4.69, 9.17) is 0 Å². The molecule has 0 spiro atoms. The third-order valence-corrected chi connectivity index (χ3v) is 4.82. The molecule has 1 saturated carbocycles. The van der Waals surface area contributed by atoms with E-state index in [0.29, 0.717) is 17.5 Å². The quantitative estimate of drug-likeness (QED) is 0.838. The number of rotatable bonds is 5. The van der Waals surface area contributed by atoms with Crippen molar-refractivity contribution in [1.82, 2.24) is 5.32 Å². The van der Waals surface area contributed by atoms with Crippen molar-refractivity contribution in [2.75, 3.05) is 6.54 Å². The van der Waals surface area contributed by atoms with Crippen LogP contribution in [0.15, 0.2) is 30.3 Å². The molecule has 1 nitrogen and oxygen atoms in total. The van der Waals surface area contributed by atoms with Gasteiger partial charge in [-0.25, -0.2) is 8.78 Å². The summed E-state index contributed by atoms with van der Waals surface area (Å²) in [6, 6.07) is 8.10. The predicted molar refractivity (Wildman–Crippen MR) is 78.8 cm³/mol. The van der Waals surface area contributed by atoms with Gasteiger partial charge in [-0.3, -0.25) is 0 Å². The first-order chi connectivity index (χ1) is 9.67. The van der Waals surface area contributed by atoms with Crippen LogP contribution in [0.2, 0.25) is 0 Å². The van der Waals surface area contributed by atoms with Gasteiger partial charge in [0.2, 0.25) is 0 Å². The summed E-state index contributed by atoms with van der Waals surface area (Å²) in [5.74, 6) is -0.341. The van der Waals surface area contributed by atoms with E-state index < -0.39 is 11.6 Å². The number of nitrogens with one attached hydrogen (secondary N) is 1. The minimum atomic E-state index is -0.527. The molecule has 0 radical (unpaired) electrons. The maximum Gasteiger partial charge on any atom is 0.126 e. The molecule has 1 aromatic carbocycles. The Morgan fingerprint density at radius 2 is 1.90 bits per heavy atom. The summed E-state index contributed by atoms with van der Waals surface area (Å²) >= 11 is 1.62. The van der Waals surface area contributed by atoms with E-state index in [1.54, 1.807) is 11.3 Å². The highest BCUT2D eigenvalue weighted by molar-refractivity contribution is 7.15. The fourth-order valence-electron chi connectivity index (χ4n) is 2.52. The molecule has 2 aromatic rings. The third-order valence-electron chi connectivity index (χ3n) is 3.60. The fourth-order valence-corrected chi connectivity index (χ4v) is 3.68. The minimum absolute atomic E-state index is 0.386. The van der Waals surface area contributed by atoms with Crippen LogP contribution < -0.4 is 5.32 Å². The minimum Gasteiger partial charge on any atom is -0.309 e. The molecule has 1 unspecified atom stereocenters. The molecule has 0 bridgehead atoms. The summed E-state index contributed by atoms with van der Waals surface area (Å²) in [4.78, 5) is 2.18. The Balaban J connectivity index is 1.88. The van der Waals surface area contributed by atoms with Gasteiger partial charge < -0.3 is 5.32 Å². The largest absolute Gasteiger partial charge is 0.309 e. The average molecular weight is 293 g/mol. The van der Waals surface area contributed by atoms with Gasteiger partial charge in [-0.2, -0.15) is 0 Å². The average Bonchev–Trinajstić information content (AvgIpc) is 3.11. The van der Waals surface area contributed by atoms with Gasteiger partial charge in [0.05, 0.1) is 0 Å². The van der Waals surface area contributed by atoms with E-state index in [1.165, 1.54) is 29.9 Å². The maximum absolute atomic E-state index is 13.3. The van der Waals surface area contributed by atoms with Crippen LogP contribution >= 0.6 is 11.3 Å². The molecule has 1 aliphatic rings. The number of hydrogen-bond acceptors (Lipinski definition) is 2. The molecular formula is C16H17F2NS. The molecule has 1 fully saturated rings. The molecule has 0 saturated heterocycles. The Bertz CT molecular complexity index is 584. The molecule has 106 valence electrons. The molecule has 4 heteroatoms. The van der Waals surface area contributed by atoms with Crippen molar-refractivity contribution < 1.29 is 8.78 Å². The van der Waals surface area contributed by atoms with E-state index >= 15 is 0 Å². The zero-order valence-electron chi connectivity index (χ0n) is 11.3. The maximum atomic E-state index is 13.3. The number of hydrogen-bond donors (Lipinski definition) is 1. The Hall–Kier alpha value is -1.26. The van der Waals surface area contributed by atoms with Gasteiger partial charge in [0, 0.05) is 21.9 Å². The van der Waals surface area contributed by atoms with Crippen molar-refractivity contribution in [3.05, 3.63) is 46.8 Å². The molecular weight excluding hydrogens is 276 g/mol. The van der Waals surface area contributed by atoms with Crippen LogP contribution in [0.3, 0.4) is 0 Å². The molecule has 0 aliphatic heterocycles. The number of thiophene rings is 1. The SMILES string of the molecule is CCNC(c1ccc(-c2cc(F)cc(F)c2)s1)C1CC1. The highest BCUT2D eigenvalue weighted by Gasteiger charge is 2.32. The lowest BCUT2D eigenvalue weighted by Gasteiger charge is -2.15. The van der Waals surface area contributed by atoms with Crippen LogP contribution in [0.1, 0.15) is 30.7 Å². The molecule has 0 amide bonds. The van der Waals surface area contributed by atoms with E-state index in [0.717, 1.165) is 17.5 Å². The molecule has 1 aromatic heterocycles. The summed E-state index contributed by atoms with van der Waals surface area (Å²) in [5.41, 5.74) is 0.616. The van der Waals surface area contributed by atoms with Crippen LogP contribution in [0.4, 0.5) is 8.78 Å². The van der Waals surface area contributed by atoms with Crippen molar-refractivity contribution in [1.29, 1.82) is 0 Å². The monoisotopic (exact) mass is 293 g/mol. The second-order valence-electron chi connectivity index (χ2n) is 5.23. The lowest BCUT2D eigenvalue weighted by Crippen LogP contribution is -2.21. The first kappa shape index (κ1) is 13.7. The van der Waals surface area contributed by atoms with Gasteiger partial charge in [0.1, 0.15) is 11.6 Å². The number of halogens is 2. The van der Waals surface area contributed by atoms with Gasteiger partial charge in [-0.1, -0.05) is 6.92 Å².